The summed E-state index contributed by atoms with van der Waals surface area (Å²) in [6.07, 6.45) is 2.55. The van der Waals surface area contributed by atoms with Crippen LogP contribution in [0.15, 0.2) is 54.6 Å². The first-order valence-corrected chi connectivity index (χ1v) is 7.95. The smallest absolute Gasteiger partial charge is 0.250 e. The fraction of sp³-hybridized carbons (Fsp3) is 0.211. The van der Waals surface area contributed by atoms with Crippen LogP contribution in [-0.4, -0.2) is 11.4 Å². The molecule has 3 nitrogen and oxygen atoms in total. The molecule has 0 aromatic heterocycles. The number of fused-ring (bicyclic) bond motifs is 1. The maximum atomic E-state index is 12.3. The van der Waals surface area contributed by atoms with Gasteiger partial charge in [-0.2, -0.15) is 0 Å². The quantitative estimate of drug-likeness (QED) is 0.810. The Morgan fingerprint density at radius 2 is 1.87 bits per heavy atom. The minimum atomic E-state index is -0.165. The molecule has 0 atom stereocenters. The number of carbonyl (C=O) groups is 1. The summed E-state index contributed by atoms with van der Waals surface area (Å²) in [4.78, 5) is 12.3. The van der Waals surface area contributed by atoms with Gasteiger partial charge in [0.05, 0.1) is 0 Å². The average Bonchev–Trinajstić information content (AvgIpc) is 2.48. The van der Waals surface area contributed by atoms with Gasteiger partial charge < -0.3 is 10.6 Å². The van der Waals surface area contributed by atoms with Crippen LogP contribution in [0.3, 0.4) is 0 Å². The van der Waals surface area contributed by atoms with E-state index < -0.39 is 0 Å². The number of carbonyl (C=O) groups excluding carboxylic acids is 1. The predicted octanol–water partition coefficient (Wildman–Crippen LogP) is 4.24. The number of rotatable bonds is 2. The molecule has 23 heavy (non-hydrogen) atoms. The molecule has 118 valence electrons. The molecule has 4 heteroatoms. The molecule has 0 saturated heterocycles. The van der Waals surface area contributed by atoms with Gasteiger partial charge in [-0.3, -0.25) is 4.79 Å². The molecule has 1 heterocycles. The lowest BCUT2D eigenvalue weighted by Crippen LogP contribution is -2.44. The Bertz CT molecular complexity index is 763. The topological polar surface area (TPSA) is 41.1 Å². The number of halogens is 1. The molecule has 2 aromatic rings. The minimum Gasteiger partial charge on any atom is -0.379 e. The summed E-state index contributed by atoms with van der Waals surface area (Å²) in [7, 11) is 0. The van der Waals surface area contributed by atoms with Crippen molar-refractivity contribution < 1.29 is 4.79 Å². The standard InChI is InChI=1S/C19H19ClN2O/c1-19(2)12-13-5-3-4-6-16(13)17(22-19)11-18(23)21-15-9-7-14(20)8-10-15/h3-11,22H,12H2,1-2H3,(H,21,23). The molecule has 0 saturated carbocycles. The Kier molecular flexibility index (Phi) is 4.14. The Balaban J connectivity index is 1.86. The zero-order valence-corrected chi connectivity index (χ0v) is 13.9. The van der Waals surface area contributed by atoms with Gasteiger partial charge in [0.2, 0.25) is 5.91 Å². The first kappa shape index (κ1) is 15.6. The average molecular weight is 327 g/mol. The van der Waals surface area contributed by atoms with Gasteiger partial charge in [0.15, 0.2) is 0 Å². The van der Waals surface area contributed by atoms with Crippen LogP contribution in [0, 0.1) is 0 Å². The third-order valence-corrected chi connectivity index (χ3v) is 4.05. The highest BCUT2D eigenvalue weighted by Gasteiger charge is 2.27. The van der Waals surface area contributed by atoms with Crippen molar-refractivity contribution in [1.29, 1.82) is 0 Å². The SMILES string of the molecule is CC1(C)Cc2ccccc2C(=CC(=O)Nc2ccc(Cl)cc2)N1. The number of amides is 1. The number of anilines is 1. The van der Waals surface area contributed by atoms with E-state index >= 15 is 0 Å². The molecule has 0 aliphatic carbocycles. The highest BCUT2D eigenvalue weighted by Crippen LogP contribution is 2.29. The molecule has 1 amide bonds. The third-order valence-electron chi connectivity index (χ3n) is 3.80. The van der Waals surface area contributed by atoms with Crippen LogP contribution in [0.5, 0.6) is 0 Å². The van der Waals surface area contributed by atoms with Crippen molar-refractivity contribution in [3.05, 3.63) is 70.8 Å². The second-order valence-electron chi connectivity index (χ2n) is 6.40. The molecular formula is C19H19ClN2O. The number of hydrogen-bond donors (Lipinski definition) is 2. The lowest BCUT2D eigenvalue weighted by molar-refractivity contribution is -0.111. The van der Waals surface area contributed by atoms with E-state index in [1.54, 1.807) is 30.3 Å². The van der Waals surface area contributed by atoms with Crippen LogP contribution in [0.25, 0.3) is 5.70 Å². The van der Waals surface area contributed by atoms with E-state index in [0.29, 0.717) is 5.02 Å². The summed E-state index contributed by atoms with van der Waals surface area (Å²) >= 11 is 5.86. The van der Waals surface area contributed by atoms with E-state index in [-0.39, 0.29) is 11.4 Å². The maximum absolute atomic E-state index is 12.3. The molecule has 0 radical (unpaired) electrons. The summed E-state index contributed by atoms with van der Waals surface area (Å²) in [5.41, 5.74) is 3.82. The summed E-state index contributed by atoms with van der Waals surface area (Å²) in [6.45, 7) is 4.27. The summed E-state index contributed by atoms with van der Waals surface area (Å²) in [5.74, 6) is -0.165. The zero-order chi connectivity index (χ0) is 16.4. The van der Waals surface area contributed by atoms with Crippen molar-refractivity contribution >= 4 is 28.9 Å². The highest BCUT2D eigenvalue weighted by atomic mass is 35.5. The van der Waals surface area contributed by atoms with E-state index in [9.17, 15) is 4.79 Å². The van der Waals surface area contributed by atoms with Crippen LogP contribution in [-0.2, 0) is 11.2 Å². The van der Waals surface area contributed by atoms with Gasteiger partial charge in [-0.15, -0.1) is 0 Å². The van der Waals surface area contributed by atoms with Crippen LogP contribution in [0.2, 0.25) is 5.02 Å². The number of benzene rings is 2. The van der Waals surface area contributed by atoms with Crippen LogP contribution in [0.4, 0.5) is 5.69 Å². The van der Waals surface area contributed by atoms with E-state index in [0.717, 1.165) is 23.4 Å². The molecule has 0 bridgehead atoms. The predicted molar refractivity (Wildman–Crippen MR) is 95.4 cm³/mol. The molecule has 3 rings (SSSR count). The van der Waals surface area contributed by atoms with Gasteiger partial charge >= 0.3 is 0 Å². The highest BCUT2D eigenvalue weighted by molar-refractivity contribution is 6.30. The van der Waals surface area contributed by atoms with E-state index in [1.165, 1.54) is 5.56 Å². The Hall–Kier alpha value is -2.26. The second kappa shape index (κ2) is 6.09. The van der Waals surface area contributed by atoms with Crippen molar-refractivity contribution in [2.45, 2.75) is 25.8 Å². The first-order chi connectivity index (χ1) is 10.9. The van der Waals surface area contributed by atoms with Gasteiger partial charge in [-0.25, -0.2) is 0 Å². The molecule has 0 unspecified atom stereocenters. The molecule has 0 fully saturated rings. The third kappa shape index (κ3) is 3.74. The lowest BCUT2D eigenvalue weighted by atomic mass is 9.86. The molecule has 2 N–H and O–H groups in total. The Morgan fingerprint density at radius 1 is 1.17 bits per heavy atom. The van der Waals surface area contributed by atoms with Crippen molar-refractivity contribution in [3.63, 3.8) is 0 Å². The fourth-order valence-corrected chi connectivity index (χ4v) is 2.97. The maximum Gasteiger partial charge on any atom is 0.250 e. The first-order valence-electron chi connectivity index (χ1n) is 7.58. The van der Waals surface area contributed by atoms with E-state index in [2.05, 4.69) is 30.5 Å². The fourth-order valence-electron chi connectivity index (χ4n) is 2.85. The van der Waals surface area contributed by atoms with Crippen LogP contribution in [0.1, 0.15) is 25.0 Å². The van der Waals surface area contributed by atoms with Gasteiger partial charge in [0.25, 0.3) is 0 Å². The monoisotopic (exact) mass is 326 g/mol. The summed E-state index contributed by atoms with van der Waals surface area (Å²) < 4.78 is 0. The van der Waals surface area contributed by atoms with Crippen molar-refractivity contribution in [1.82, 2.24) is 5.32 Å². The van der Waals surface area contributed by atoms with Crippen LogP contribution >= 0.6 is 11.6 Å². The number of nitrogens with one attached hydrogen (secondary N) is 2. The van der Waals surface area contributed by atoms with Gasteiger partial charge in [0.1, 0.15) is 0 Å². The van der Waals surface area contributed by atoms with E-state index in [4.69, 9.17) is 11.6 Å². The molecule has 1 aliphatic rings. The van der Waals surface area contributed by atoms with Gasteiger partial charge in [-0.1, -0.05) is 35.9 Å². The lowest BCUT2D eigenvalue weighted by Gasteiger charge is -2.35. The Labute approximate surface area is 141 Å². The number of hydrogen-bond acceptors (Lipinski definition) is 2. The van der Waals surface area contributed by atoms with Crippen molar-refractivity contribution in [3.8, 4) is 0 Å². The van der Waals surface area contributed by atoms with Gasteiger partial charge in [-0.05, 0) is 50.1 Å². The van der Waals surface area contributed by atoms with E-state index in [1.807, 2.05) is 18.2 Å². The zero-order valence-electron chi connectivity index (χ0n) is 13.2. The summed E-state index contributed by atoms with van der Waals surface area (Å²) in [6, 6.07) is 15.2. The largest absolute Gasteiger partial charge is 0.379 e. The van der Waals surface area contributed by atoms with Crippen LogP contribution < -0.4 is 10.6 Å². The Morgan fingerprint density at radius 3 is 2.61 bits per heavy atom. The van der Waals surface area contributed by atoms with Gasteiger partial charge in [0, 0.05) is 33.6 Å². The van der Waals surface area contributed by atoms with Crippen molar-refractivity contribution in [2.24, 2.45) is 0 Å². The molecule has 0 spiro atoms. The minimum absolute atomic E-state index is 0.0826. The molecular weight excluding hydrogens is 308 g/mol. The van der Waals surface area contributed by atoms with Crippen molar-refractivity contribution in [2.75, 3.05) is 5.32 Å². The second-order valence-corrected chi connectivity index (χ2v) is 6.83. The summed E-state index contributed by atoms with van der Waals surface area (Å²) in [5, 5.41) is 6.96. The normalized spacial score (nSPS) is 17.3. The molecule has 2 aromatic carbocycles. The molecule has 1 aliphatic heterocycles.